The Morgan fingerprint density at radius 3 is 2.44 bits per heavy atom. The van der Waals surface area contributed by atoms with Crippen molar-refractivity contribution in [1.29, 1.82) is 0 Å². The topological polar surface area (TPSA) is 52.7 Å². The largest absolute Gasteiger partial charge is 0.416 e. The fourth-order valence-electron chi connectivity index (χ4n) is 4.30. The van der Waals surface area contributed by atoms with Crippen LogP contribution in [0.25, 0.3) is 0 Å². The first kappa shape index (κ1) is 22.5. The van der Waals surface area contributed by atoms with Crippen molar-refractivity contribution in [3.05, 3.63) is 65.2 Å². The highest BCUT2D eigenvalue weighted by molar-refractivity contribution is 8.00. The first-order valence-electron chi connectivity index (χ1n) is 10.4. The summed E-state index contributed by atoms with van der Waals surface area (Å²) < 4.78 is 38.8. The lowest BCUT2D eigenvalue weighted by Gasteiger charge is -2.44. The molecule has 0 radical (unpaired) electrons. The molecule has 0 aliphatic carbocycles. The Bertz CT molecular complexity index is 1020. The van der Waals surface area contributed by atoms with Crippen molar-refractivity contribution in [3.8, 4) is 0 Å². The van der Waals surface area contributed by atoms with E-state index in [9.17, 15) is 22.8 Å². The smallest absolute Gasteiger partial charge is 0.324 e. The number of thioether (sulfide) groups is 1. The Morgan fingerprint density at radius 2 is 1.75 bits per heavy atom. The van der Waals surface area contributed by atoms with Gasteiger partial charge in [-0.1, -0.05) is 24.3 Å². The van der Waals surface area contributed by atoms with E-state index in [1.54, 1.807) is 16.7 Å². The van der Waals surface area contributed by atoms with E-state index in [1.807, 2.05) is 36.1 Å². The van der Waals surface area contributed by atoms with Crippen LogP contribution in [0, 0.1) is 6.92 Å². The van der Waals surface area contributed by atoms with Crippen molar-refractivity contribution in [1.82, 2.24) is 9.80 Å². The molecule has 32 heavy (non-hydrogen) atoms. The van der Waals surface area contributed by atoms with Crippen LogP contribution in [0.5, 0.6) is 0 Å². The predicted octanol–water partition coefficient (Wildman–Crippen LogP) is 5.23. The molecular weight excluding hydrogens is 439 g/mol. The second-order valence-electron chi connectivity index (χ2n) is 8.06. The van der Waals surface area contributed by atoms with Crippen LogP contribution in [0.15, 0.2) is 48.5 Å². The van der Waals surface area contributed by atoms with Crippen molar-refractivity contribution in [2.75, 3.05) is 30.7 Å². The Labute approximate surface area is 189 Å². The Balaban J connectivity index is 1.41. The number of aryl methyl sites for hydroxylation is 1. The number of anilines is 1. The summed E-state index contributed by atoms with van der Waals surface area (Å²) in [5.74, 6) is 0.851. The zero-order valence-corrected chi connectivity index (χ0v) is 18.4. The van der Waals surface area contributed by atoms with Crippen LogP contribution in [0.1, 0.15) is 34.3 Å². The third kappa shape index (κ3) is 4.44. The molecule has 170 valence electrons. The number of hydrogen-bond donors (Lipinski definition) is 1. The number of rotatable bonds is 2. The molecule has 2 aromatic carbocycles. The van der Waals surface area contributed by atoms with E-state index < -0.39 is 17.8 Å². The molecule has 9 heteroatoms. The van der Waals surface area contributed by atoms with Crippen LogP contribution < -0.4 is 5.32 Å². The number of halogens is 3. The number of likely N-dealkylation sites (tertiary alicyclic amines) is 1. The fourth-order valence-corrected chi connectivity index (χ4v) is 5.76. The van der Waals surface area contributed by atoms with E-state index in [4.69, 9.17) is 0 Å². The number of nitrogens with one attached hydrogen (secondary N) is 1. The quantitative estimate of drug-likeness (QED) is 0.664. The SMILES string of the molecule is Cc1ccccc1C(=O)N1CCSC12CCN(C(=O)Nc1cccc(C(F)(F)F)c1)CC2. The van der Waals surface area contributed by atoms with Gasteiger partial charge in [-0.05, 0) is 49.6 Å². The first-order chi connectivity index (χ1) is 15.2. The lowest BCUT2D eigenvalue weighted by Crippen LogP contribution is -2.54. The highest BCUT2D eigenvalue weighted by Crippen LogP contribution is 2.44. The number of amides is 3. The number of hydrogen-bond acceptors (Lipinski definition) is 3. The van der Waals surface area contributed by atoms with E-state index in [1.165, 1.54) is 12.1 Å². The Kier molecular flexibility index (Phi) is 6.11. The summed E-state index contributed by atoms with van der Waals surface area (Å²) in [7, 11) is 0. The van der Waals surface area contributed by atoms with Crippen LogP contribution in [0.3, 0.4) is 0 Å². The number of benzene rings is 2. The van der Waals surface area contributed by atoms with Crippen LogP contribution in [0.2, 0.25) is 0 Å². The standard InChI is InChI=1S/C23H24F3N3O2S/c1-16-5-2-3-8-19(16)20(30)29-13-14-32-22(29)9-11-28(12-10-22)21(31)27-18-7-4-6-17(15-18)23(24,25)26/h2-8,15H,9-14H2,1H3,(H,27,31). The lowest BCUT2D eigenvalue weighted by atomic mass is 10.00. The van der Waals surface area contributed by atoms with E-state index in [0.29, 0.717) is 38.0 Å². The number of urea groups is 1. The van der Waals surface area contributed by atoms with Crippen molar-refractivity contribution in [3.63, 3.8) is 0 Å². The summed E-state index contributed by atoms with van der Waals surface area (Å²) >= 11 is 1.75. The highest BCUT2D eigenvalue weighted by Gasteiger charge is 2.47. The van der Waals surface area contributed by atoms with Crippen molar-refractivity contribution >= 4 is 29.4 Å². The molecule has 1 N–H and O–H groups in total. The van der Waals surface area contributed by atoms with Crippen molar-refractivity contribution in [2.45, 2.75) is 30.8 Å². The minimum absolute atomic E-state index is 0.00923. The maximum absolute atomic E-state index is 13.2. The van der Waals surface area contributed by atoms with Crippen LogP contribution in [-0.2, 0) is 6.18 Å². The van der Waals surface area contributed by atoms with Gasteiger partial charge in [0.1, 0.15) is 0 Å². The molecule has 1 spiro atoms. The number of nitrogens with zero attached hydrogens (tertiary/aromatic N) is 2. The molecule has 2 aromatic rings. The normalized spacial score (nSPS) is 18.1. The van der Waals surface area contributed by atoms with Gasteiger partial charge in [-0.25, -0.2) is 4.79 Å². The zero-order valence-electron chi connectivity index (χ0n) is 17.6. The molecule has 2 fully saturated rings. The summed E-state index contributed by atoms with van der Waals surface area (Å²) in [4.78, 5) is 29.1. The molecule has 2 aliphatic heterocycles. The fraction of sp³-hybridized carbons (Fsp3) is 0.391. The molecule has 2 heterocycles. The summed E-state index contributed by atoms with van der Waals surface area (Å²) in [6.45, 7) is 3.43. The molecule has 3 amide bonds. The number of carbonyl (C=O) groups excluding carboxylic acids is 2. The van der Waals surface area contributed by atoms with E-state index in [-0.39, 0.29) is 16.5 Å². The average molecular weight is 464 g/mol. The van der Waals surface area contributed by atoms with E-state index >= 15 is 0 Å². The summed E-state index contributed by atoms with van der Waals surface area (Å²) in [6.07, 6.45) is -3.23. The maximum atomic E-state index is 13.2. The highest BCUT2D eigenvalue weighted by atomic mass is 32.2. The van der Waals surface area contributed by atoms with Gasteiger partial charge in [-0.2, -0.15) is 13.2 Å². The summed E-state index contributed by atoms with van der Waals surface area (Å²) in [5, 5.41) is 2.57. The molecule has 0 atom stereocenters. The molecule has 0 aromatic heterocycles. The molecule has 0 saturated carbocycles. The molecule has 0 unspecified atom stereocenters. The van der Waals surface area contributed by atoms with Crippen LogP contribution in [0.4, 0.5) is 23.7 Å². The van der Waals surface area contributed by atoms with Gasteiger partial charge in [-0.15, -0.1) is 11.8 Å². The maximum Gasteiger partial charge on any atom is 0.416 e. The van der Waals surface area contributed by atoms with E-state index in [0.717, 1.165) is 23.4 Å². The third-order valence-corrected chi connectivity index (χ3v) is 7.62. The second kappa shape index (κ2) is 8.69. The number of carbonyl (C=O) groups is 2. The van der Waals surface area contributed by atoms with Crippen molar-refractivity contribution < 1.29 is 22.8 Å². The molecule has 2 saturated heterocycles. The van der Waals surface area contributed by atoms with Gasteiger partial charge in [0.25, 0.3) is 5.91 Å². The van der Waals surface area contributed by atoms with Gasteiger partial charge in [0.2, 0.25) is 0 Å². The van der Waals surface area contributed by atoms with Gasteiger partial charge in [0.05, 0.1) is 10.4 Å². The zero-order chi connectivity index (χ0) is 22.9. The van der Waals surface area contributed by atoms with Gasteiger partial charge in [0, 0.05) is 36.6 Å². The average Bonchev–Trinajstić information content (AvgIpc) is 3.16. The molecule has 0 bridgehead atoms. The van der Waals surface area contributed by atoms with Gasteiger partial charge in [-0.3, -0.25) is 4.79 Å². The van der Waals surface area contributed by atoms with Crippen molar-refractivity contribution in [2.24, 2.45) is 0 Å². The van der Waals surface area contributed by atoms with Crippen LogP contribution in [-0.4, -0.2) is 52.0 Å². The first-order valence-corrected chi connectivity index (χ1v) is 11.4. The van der Waals surface area contributed by atoms with Gasteiger partial charge < -0.3 is 15.1 Å². The molecule has 5 nitrogen and oxygen atoms in total. The monoisotopic (exact) mass is 463 g/mol. The van der Waals surface area contributed by atoms with Gasteiger partial charge in [0.15, 0.2) is 0 Å². The summed E-state index contributed by atoms with van der Waals surface area (Å²) in [6, 6.07) is 11.7. The minimum Gasteiger partial charge on any atom is -0.324 e. The molecule has 2 aliphatic rings. The predicted molar refractivity (Wildman–Crippen MR) is 119 cm³/mol. The van der Waals surface area contributed by atoms with Crippen LogP contribution >= 0.6 is 11.8 Å². The molecular formula is C23H24F3N3O2S. The Morgan fingerprint density at radius 1 is 1.03 bits per heavy atom. The third-order valence-electron chi connectivity index (χ3n) is 6.07. The second-order valence-corrected chi connectivity index (χ2v) is 9.52. The Hall–Kier alpha value is -2.68. The van der Waals surface area contributed by atoms with Gasteiger partial charge >= 0.3 is 12.2 Å². The summed E-state index contributed by atoms with van der Waals surface area (Å²) in [5.41, 5.74) is 0.930. The molecule has 4 rings (SSSR count). The minimum atomic E-state index is -4.47. The number of piperidine rings is 1. The lowest BCUT2D eigenvalue weighted by molar-refractivity contribution is -0.137. The van der Waals surface area contributed by atoms with E-state index in [2.05, 4.69) is 5.32 Å². The number of alkyl halides is 3.